The second-order valence-electron chi connectivity index (χ2n) is 7.97. The Morgan fingerprint density at radius 2 is 1.86 bits per heavy atom. The van der Waals surface area contributed by atoms with Crippen molar-refractivity contribution in [3.8, 4) is 0 Å². The van der Waals surface area contributed by atoms with E-state index in [1.807, 2.05) is 25.7 Å². The summed E-state index contributed by atoms with van der Waals surface area (Å²) in [7, 11) is 0. The Morgan fingerprint density at radius 3 is 2.36 bits per heavy atom. The highest BCUT2D eigenvalue weighted by atomic mass is 16.2. The summed E-state index contributed by atoms with van der Waals surface area (Å²) in [5.41, 5.74) is 5.24. The molecule has 4 N–H and O–H groups in total. The highest BCUT2D eigenvalue weighted by molar-refractivity contribution is 5.88. The first-order valence-corrected chi connectivity index (χ1v) is 10.3. The second kappa shape index (κ2) is 11.7. The SMILES string of the molecule is CCC(CC(NC(=O)CCCC(C)C(N)=O)C(=O)NC(C)C)N1CCCC1=O. The lowest BCUT2D eigenvalue weighted by Gasteiger charge is -2.30. The van der Waals surface area contributed by atoms with Gasteiger partial charge in [0.25, 0.3) is 0 Å². The van der Waals surface area contributed by atoms with Gasteiger partial charge in [-0.3, -0.25) is 19.2 Å². The second-order valence-corrected chi connectivity index (χ2v) is 7.97. The zero-order chi connectivity index (χ0) is 21.3. The van der Waals surface area contributed by atoms with Crippen molar-refractivity contribution in [3.05, 3.63) is 0 Å². The minimum Gasteiger partial charge on any atom is -0.369 e. The van der Waals surface area contributed by atoms with Gasteiger partial charge in [-0.05, 0) is 46.0 Å². The molecule has 1 aliphatic heterocycles. The van der Waals surface area contributed by atoms with Gasteiger partial charge in [0.1, 0.15) is 6.04 Å². The minimum absolute atomic E-state index is 0.0446. The van der Waals surface area contributed by atoms with Gasteiger partial charge in [-0.1, -0.05) is 13.8 Å². The minimum atomic E-state index is -0.693. The number of hydrogen-bond donors (Lipinski definition) is 3. The third-order valence-electron chi connectivity index (χ3n) is 5.14. The Labute approximate surface area is 168 Å². The molecule has 0 saturated carbocycles. The first-order valence-electron chi connectivity index (χ1n) is 10.3. The van der Waals surface area contributed by atoms with E-state index in [9.17, 15) is 19.2 Å². The third kappa shape index (κ3) is 7.86. The van der Waals surface area contributed by atoms with E-state index >= 15 is 0 Å². The van der Waals surface area contributed by atoms with Gasteiger partial charge in [-0.15, -0.1) is 0 Å². The van der Waals surface area contributed by atoms with Crippen molar-refractivity contribution in [2.24, 2.45) is 11.7 Å². The number of carbonyl (C=O) groups is 4. The molecule has 0 aromatic rings. The molecule has 3 unspecified atom stereocenters. The number of carbonyl (C=O) groups excluding carboxylic acids is 4. The Kier molecular flexibility index (Phi) is 9.96. The predicted molar refractivity (Wildman–Crippen MR) is 107 cm³/mol. The molecule has 8 heteroatoms. The van der Waals surface area contributed by atoms with Crippen LogP contribution in [0.5, 0.6) is 0 Å². The first kappa shape index (κ1) is 23.9. The van der Waals surface area contributed by atoms with Crippen LogP contribution in [-0.4, -0.2) is 53.2 Å². The molecule has 8 nitrogen and oxygen atoms in total. The van der Waals surface area contributed by atoms with Crippen molar-refractivity contribution >= 4 is 23.6 Å². The maximum atomic E-state index is 12.6. The number of nitrogens with two attached hydrogens (primary N) is 1. The number of amides is 4. The molecule has 0 aromatic heterocycles. The maximum Gasteiger partial charge on any atom is 0.242 e. The van der Waals surface area contributed by atoms with Gasteiger partial charge in [0.05, 0.1) is 0 Å². The standard InChI is InChI=1S/C20H36N4O4/c1-5-15(24-11-7-10-18(24)26)12-16(20(28)22-13(2)3)23-17(25)9-6-8-14(4)19(21)27/h13-16H,5-12H2,1-4H3,(H2,21,27)(H,22,28)(H,23,25). The summed E-state index contributed by atoms with van der Waals surface area (Å²) in [6, 6.07) is -0.813. The van der Waals surface area contributed by atoms with Crippen LogP contribution in [0.1, 0.15) is 72.6 Å². The highest BCUT2D eigenvalue weighted by Gasteiger charge is 2.31. The maximum absolute atomic E-state index is 12.6. The number of nitrogens with zero attached hydrogens (tertiary/aromatic N) is 1. The fourth-order valence-electron chi connectivity index (χ4n) is 3.44. The Morgan fingerprint density at radius 1 is 1.18 bits per heavy atom. The van der Waals surface area contributed by atoms with Gasteiger partial charge >= 0.3 is 0 Å². The Bertz CT molecular complexity index is 564. The lowest BCUT2D eigenvalue weighted by molar-refractivity contribution is -0.132. The van der Waals surface area contributed by atoms with Gasteiger partial charge in [0.2, 0.25) is 23.6 Å². The van der Waals surface area contributed by atoms with Crippen LogP contribution < -0.4 is 16.4 Å². The first-order chi connectivity index (χ1) is 13.1. The molecule has 28 heavy (non-hydrogen) atoms. The van der Waals surface area contributed by atoms with Crippen molar-refractivity contribution in [2.75, 3.05) is 6.54 Å². The van der Waals surface area contributed by atoms with E-state index in [-0.39, 0.29) is 48.1 Å². The zero-order valence-electron chi connectivity index (χ0n) is 17.6. The van der Waals surface area contributed by atoms with E-state index in [1.165, 1.54) is 0 Å². The van der Waals surface area contributed by atoms with E-state index in [0.717, 1.165) is 12.8 Å². The lowest BCUT2D eigenvalue weighted by atomic mass is 10.0. The number of primary amides is 1. The summed E-state index contributed by atoms with van der Waals surface area (Å²) in [5.74, 6) is -1.02. The van der Waals surface area contributed by atoms with Crippen molar-refractivity contribution in [3.63, 3.8) is 0 Å². The van der Waals surface area contributed by atoms with Crippen LogP contribution in [0.15, 0.2) is 0 Å². The molecule has 0 radical (unpaired) electrons. The zero-order valence-corrected chi connectivity index (χ0v) is 17.6. The molecule has 1 rings (SSSR count). The van der Waals surface area contributed by atoms with Crippen LogP contribution in [0.4, 0.5) is 0 Å². The Balaban J connectivity index is 2.70. The van der Waals surface area contributed by atoms with Crippen LogP contribution in [-0.2, 0) is 19.2 Å². The average molecular weight is 397 g/mol. The normalized spacial score (nSPS) is 17.3. The number of hydrogen-bond acceptors (Lipinski definition) is 4. The molecular formula is C20H36N4O4. The summed E-state index contributed by atoms with van der Waals surface area (Å²) in [6.45, 7) is 8.15. The fourth-order valence-corrected chi connectivity index (χ4v) is 3.44. The van der Waals surface area contributed by atoms with Gasteiger partial charge in [-0.2, -0.15) is 0 Å². The summed E-state index contributed by atoms with van der Waals surface area (Å²) in [6.07, 6.45) is 3.78. The van der Waals surface area contributed by atoms with Gasteiger partial charge < -0.3 is 21.3 Å². The smallest absolute Gasteiger partial charge is 0.242 e. The van der Waals surface area contributed by atoms with Crippen LogP contribution in [0.2, 0.25) is 0 Å². The quantitative estimate of drug-likeness (QED) is 0.457. The third-order valence-corrected chi connectivity index (χ3v) is 5.14. The summed E-state index contributed by atoms with van der Waals surface area (Å²) in [5, 5.41) is 5.67. The molecule has 3 atom stereocenters. The molecule has 0 spiro atoms. The van der Waals surface area contributed by atoms with Gasteiger partial charge in [0, 0.05) is 37.4 Å². The lowest BCUT2D eigenvalue weighted by Crippen LogP contribution is -2.52. The van der Waals surface area contributed by atoms with E-state index in [4.69, 9.17) is 5.73 Å². The van der Waals surface area contributed by atoms with Gasteiger partial charge in [0.15, 0.2) is 0 Å². The van der Waals surface area contributed by atoms with Crippen LogP contribution in [0.3, 0.4) is 0 Å². The predicted octanol–water partition coefficient (Wildman–Crippen LogP) is 1.08. The highest BCUT2D eigenvalue weighted by Crippen LogP contribution is 2.19. The molecular weight excluding hydrogens is 360 g/mol. The molecule has 1 heterocycles. The summed E-state index contributed by atoms with van der Waals surface area (Å²) >= 11 is 0. The van der Waals surface area contributed by atoms with E-state index in [1.54, 1.807) is 6.92 Å². The van der Waals surface area contributed by atoms with Gasteiger partial charge in [-0.25, -0.2) is 0 Å². The molecule has 1 aliphatic rings. The molecule has 0 bridgehead atoms. The molecule has 0 aliphatic carbocycles. The molecule has 1 fully saturated rings. The number of likely N-dealkylation sites (tertiary alicyclic amines) is 1. The number of rotatable bonds is 12. The van der Waals surface area contributed by atoms with Crippen molar-refractivity contribution < 1.29 is 19.2 Å². The van der Waals surface area contributed by atoms with Crippen molar-refractivity contribution in [1.82, 2.24) is 15.5 Å². The van der Waals surface area contributed by atoms with Crippen LogP contribution in [0.25, 0.3) is 0 Å². The molecule has 1 saturated heterocycles. The average Bonchev–Trinajstić information content (AvgIpc) is 3.03. The summed E-state index contributed by atoms with van der Waals surface area (Å²) < 4.78 is 0. The number of nitrogens with one attached hydrogen (secondary N) is 2. The van der Waals surface area contributed by atoms with Crippen LogP contribution in [0, 0.1) is 5.92 Å². The summed E-state index contributed by atoms with van der Waals surface area (Å²) in [4.78, 5) is 50.0. The van der Waals surface area contributed by atoms with Crippen LogP contribution >= 0.6 is 0 Å². The molecule has 4 amide bonds. The van der Waals surface area contributed by atoms with E-state index < -0.39 is 6.04 Å². The van der Waals surface area contributed by atoms with E-state index in [2.05, 4.69) is 10.6 Å². The van der Waals surface area contributed by atoms with E-state index in [0.29, 0.717) is 32.2 Å². The largest absolute Gasteiger partial charge is 0.369 e. The Hall–Kier alpha value is -2.12. The molecule has 0 aromatic carbocycles. The molecule has 160 valence electrons. The monoisotopic (exact) mass is 396 g/mol. The van der Waals surface area contributed by atoms with Crippen molar-refractivity contribution in [2.45, 2.75) is 90.8 Å². The van der Waals surface area contributed by atoms with Crippen molar-refractivity contribution in [1.29, 1.82) is 0 Å². The fraction of sp³-hybridized carbons (Fsp3) is 0.800. The topological polar surface area (TPSA) is 122 Å².